The number of rotatable bonds is 3. The molecule has 4 nitrogen and oxygen atoms in total. The minimum Gasteiger partial charge on any atom is -0.298 e. The van der Waals surface area contributed by atoms with E-state index in [0.29, 0.717) is 5.92 Å². The van der Waals surface area contributed by atoms with E-state index in [9.17, 15) is 0 Å². The first-order valence-corrected chi connectivity index (χ1v) is 7.15. The molecule has 1 saturated heterocycles. The van der Waals surface area contributed by atoms with Gasteiger partial charge in [0.2, 0.25) is 0 Å². The van der Waals surface area contributed by atoms with Crippen LogP contribution in [0.25, 0.3) is 0 Å². The molecule has 0 unspecified atom stereocenters. The van der Waals surface area contributed by atoms with E-state index in [-0.39, 0.29) is 0 Å². The summed E-state index contributed by atoms with van der Waals surface area (Å²) < 4.78 is 0. The molecular formula is C13H16N4S. The molecule has 1 aliphatic heterocycles. The highest BCUT2D eigenvalue weighted by molar-refractivity contribution is 7.09. The lowest BCUT2D eigenvalue weighted by Crippen LogP contribution is -2.33. The molecular weight excluding hydrogens is 244 g/mol. The zero-order chi connectivity index (χ0) is 12.2. The van der Waals surface area contributed by atoms with Gasteiger partial charge in [-0.2, -0.15) is 0 Å². The van der Waals surface area contributed by atoms with E-state index in [0.717, 1.165) is 13.1 Å². The molecule has 0 radical (unpaired) electrons. The fraction of sp³-hybridized carbons (Fsp3) is 0.462. The second kappa shape index (κ2) is 5.54. The van der Waals surface area contributed by atoms with E-state index in [1.807, 2.05) is 24.0 Å². The summed E-state index contributed by atoms with van der Waals surface area (Å²) in [4.78, 5) is 16.4. The highest BCUT2D eigenvalue weighted by Crippen LogP contribution is 2.26. The highest BCUT2D eigenvalue weighted by Gasteiger charge is 2.22. The lowest BCUT2D eigenvalue weighted by atomic mass is 9.94. The van der Waals surface area contributed by atoms with Crippen molar-refractivity contribution in [1.29, 1.82) is 0 Å². The van der Waals surface area contributed by atoms with E-state index >= 15 is 0 Å². The lowest BCUT2D eigenvalue weighted by molar-refractivity contribution is 0.200. The minimum atomic E-state index is 0.551. The maximum absolute atomic E-state index is 4.39. The van der Waals surface area contributed by atoms with Crippen LogP contribution in [0.1, 0.15) is 29.3 Å². The van der Waals surface area contributed by atoms with Crippen LogP contribution in [0, 0.1) is 0 Å². The SMILES string of the molecule is c1cc([C@H]2CCCN(Cc3cncs3)C2)ncn1. The van der Waals surface area contributed by atoms with Crippen molar-refractivity contribution in [3.63, 3.8) is 0 Å². The lowest BCUT2D eigenvalue weighted by Gasteiger charge is -2.31. The van der Waals surface area contributed by atoms with Crippen molar-refractivity contribution in [2.45, 2.75) is 25.3 Å². The van der Waals surface area contributed by atoms with E-state index in [2.05, 4.69) is 19.9 Å². The molecule has 1 aliphatic rings. The third-order valence-electron chi connectivity index (χ3n) is 3.39. The number of piperidine rings is 1. The van der Waals surface area contributed by atoms with Gasteiger partial charge in [0.1, 0.15) is 6.33 Å². The van der Waals surface area contributed by atoms with Crippen molar-refractivity contribution in [1.82, 2.24) is 19.9 Å². The number of hydrogen-bond acceptors (Lipinski definition) is 5. The zero-order valence-corrected chi connectivity index (χ0v) is 11.0. The van der Waals surface area contributed by atoms with Crippen molar-refractivity contribution < 1.29 is 0 Å². The van der Waals surface area contributed by atoms with Crippen molar-refractivity contribution in [3.05, 3.63) is 40.9 Å². The van der Waals surface area contributed by atoms with E-state index in [4.69, 9.17) is 0 Å². The van der Waals surface area contributed by atoms with Gasteiger partial charge >= 0.3 is 0 Å². The van der Waals surface area contributed by atoms with Crippen molar-refractivity contribution in [2.75, 3.05) is 13.1 Å². The molecule has 0 amide bonds. The Labute approximate surface area is 111 Å². The number of aromatic nitrogens is 3. The quantitative estimate of drug-likeness (QED) is 0.849. The molecule has 0 spiro atoms. The summed E-state index contributed by atoms with van der Waals surface area (Å²) in [5, 5.41) is 0. The molecule has 0 saturated carbocycles. The smallest absolute Gasteiger partial charge is 0.115 e. The Hall–Kier alpha value is -1.33. The zero-order valence-electron chi connectivity index (χ0n) is 10.2. The van der Waals surface area contributed by atoms with Gasteiger partial charge in [-0.05, 0) is 25.5 Å². The van der Waals surface area contributed by atoms with Crippen LogP contribution in [0.2, 0.25) is 0 Å². The van der Waals surface area contributed by atoms with Crippen molar-refractivity contribution in [3.8, 4) is 0 Å². The maximum atomic E-state index is 4.39. The molecule has 0 aromatic carbocycles. The molecule has 18 heavy (non-hydrogen) atoms. The number of hydrogen-bond donors (Lipinski definition) is 0. The van der Waals surface area contributed by atoms with Gasteiger partial charge in [-0.3, -0.25) is 9.88 Å². The Morgan fingerprint density at radius 2 is 2.39 bits per heavy atom. The standard InChI is InChI=1S/C13H16N4S/c1-2-11(13-3-4-14-9-16-13)7-17(5-1)8-12-6-15-10-18-12/h3-4,6,9-11H,1-2,5,7-8H2/t11-/m0/s1. The van der Waals surface area contributed by atoms with Gasteiger partial charge in [-0.1, -0.05) is 0 Å². The first kappa shape index (κ1) is 11.7. The van der Waals surface area contributed by atoms with E-state index < -0.39 is 0 Å². The number of thiazole rings is 1. The van der Waals surface area contributed by atoms with Crippen LogP contribution in [-0.2, 0) is 6.54 Å². The molecule has 3 rings (SSSR count). The minimum absolute atomic E-state index is 0.551. The molecule has 0 bridgehead atoms. The van der Waals surface area contributed by atoms with Crippen LogP contribution in [-0.4, -0.2) is 32.9 Å². The average molecular weight is 260 g/mol. The van der Waals surface area contributed by atoms with Gasteiger partial charge in [0, 0.05) is 42.0 Å². The Morgan fingerprint density at radius 1 is 1.39 bits per heavy atom. The van der Waals surface area contributed by atoms with Gasteiger partial charge < -0.3 is 0 Å². The largest absolute Gasteiger partial charge is 0.298 e. The third-order valence-corrected chi connectivity index (χ3v) is 4.16. The Bertz CT molecular complexity index is 471. The number of likely N-dealkylation sites (tertiary alicyclic amines) is 1. The van der Waals surface area contributed by atoms with Gasteiger partial charge in [0.15, 0.2) is 0 Å². The molecule has 0 aliphatic carbocycles. The highest BCUT2D eigenvalue weighted by atomic mass is 32.1. The summed E-state index contributed by atoms with van der Waals surface area (Å²) in [5.74, 6) is 0.551. The van der Waals surface area contributed by atoms with Crippen LogP contribution in [0.3, 0.4) is 0 Å². The molecule has 3 heterocycles. The second-order valence-corrected chi connectivity index (χ2v) is 5.65. The van der Waals surface area contributed by atoms with E-state index in [1.54, 1.807) is 17.7 Å². The molecule has 1 fully saturated rings. The average Bonchev–Trinajstić information content (AvgIpc) is 2.93. The topological polar surface area (TPSA) is 41.9 Å². The predicted molar refractivity (Wildman–Crippen MR) is 71.4 cm³/mol. The molecule has 2 aromatic rings. The van der Waals surface area contributed by atoms with Crippen LogP contribution in [0.15, 0.2) is 30.3 Å². The van der Waals surface area contributed by atoms with Gasteiger partial charge in [0.05, 0.1) is 5.51 Å². The summed E-state index contributed by atoms with van der Waals surface area (Å²) in [5.41, 5.74) is 3.08. The summed E-state index contributed by atoms with van der Waals surface area (Å²) in [7, 11) is 0. The molecule has 5 heteroatoms. The first-order chi connectivity index (χ1) is 8.92. The Kier molecular flexibility index (Phi) is 3.61. The van der Waals surface area contributed by atoms with Crippen LogP contribution in [0.5, 0.6) is 0 Å². The predicted octanol–water partition coefficient (Wildman–Crippen LogP) is 2.31. The second-order valence-electron chi connectivity index (χ2n) is 4.68. The van der Waals surface area contributed by atoms with Crippen LogP contribution >= 0.6 is 11.3 Å². The monoisotopic (exact) mass is 260 g/mol. The molecule has 0 N–H and O–H groups in total. The van der Waals surface area contributed by atoms with Crippen molar-refractivity contribution >= 4 is 11.3 Å². The summed E-state index contributed by atoms with van der Waals surface area (Å²) >= 11 is 1.74. The Morgan fingerprint density at radius 3 is 3.17 bits per heavy atom. The van der Waals surface area contributed by atoms with Gasteiger partial charge in [0.25, 0.3) is 0 Å². The molecule has 2 aromatic heterocycles. The number of nitrogens with zero attached hydrogens (tertiary/aromatic N) is 4. The van der Waals surface area contributed by atoms with E-state index in [1.165, 1.54) is 30.0 Å². The third kappa shape index (κ3) is 2.73. The van der Waals surface area contributed by atoms with Gasteiger partial charge in [-0.15, -0.1) is 11.3 Å². The fourth-order valence-electron chi connectivity index (χ4n) is 2.52. The fourth-order valence-corrected chi connectivity index (χ4v) is 3.16. The van der Waals surface area contributed by atoms with Gasteiger partial charge in [-0.25, -0.2) is 9.97 Å². The maximum Gasteiger partial charge on any atom is 0.115 e. The molecule has 1 atom stereocenters. The summed E-state index contributed by atoms with van der Waals surface area (Å²) in [6, 6.07) is 2.04. The Balaban J connectivity index is 1.65. The van der Waals surface area contributed by atoms with Crippen LogP contribution in [0.4, 0.5) is 0 Å². The van der Waals surface area contributed by atoms with Crippen LogP contribution < -0.4 is 0 Å². The summed E-state index contributed by atoms with van der Waals surface area (Å²) in [6.07, 6.45) is 7.94. The summed E-state index contributed by atoms with van der Waals surface area (Å²) in [6.45, 7) is 3.29. The normalized spacial score (nSPS) is 21.0. The molecule has 94 valence electrons. The van der Waals surface area contributed by atoms with Crippen molar-refractivity contribution in [2.24, 2.45) is 0 Å². The first-order valence-electron chi connectivity index (χ1n) is 6.27.